The number of nitrogens with zero attached hydrogens (tertiary/aromatic N) is 2. The second kappa shape index (κ2) is 9.47. The van der Waals surface area contributed by atoms with E-state index >= 15 is 0 Å². The fourth-order valence-electron chi connectivity index (χ4n) is 6.82. The van der Waals surface area contributed by atoms with Crippen LogP contribution in [0.4, 0.5) is 0 Å². The molecule has 1 aromatic carbocycles. The molecule has 2 fully saturated rings. The SMILES string of the molecule is Cc1n[nH]c2c1CC(N[C@H]1CCCC[C@@H]1Cc1ccc3c(c1)CN(C1CCC(=O)NC1=O)C3=O)CC2. The Hall–Kier alpha value is -3.00. The Morgan fingerprint density at radius 2 is 1.94 bits per heavy atom. The molecule has 1 saturated heterocycles. The minimum absolute atomic E-state index is 0.102. The quantitative estimate of drug-likeness (QED) is 0.560. The molecule has 6 rings (SSSR count). The zero-order valence-corrected chi connectivity index (χ0v) is 20.9. The molecule has 8 nitrogen and oxygen atoms in total. The Kier molecular flexibility index (Phi) is 6.15. The number of nitrogens with one attached hydrogen (secondary N) is 3. The lowest BCUT2D eigenvalue weighted by atomic mass is 9.79. The van der Waals surface area contributed by atoms with Crippen LogP contribution in [0.3, 0.4) is 0 Å². The van der Waals surface area contributed by atoms with Crippen LogP contribution in [0.25, 0.3) is 0 Å². The summed E-state index contributed by atoms with van der Waals surface area (Å²) in [7, 11) is 0. The number of aromatic amines is 1. The lowest BCUT2D eigenvalue weighted by molar-refractivity contribution is -0.136. The second-order valence-electron chi connectivity index (χ2n) is 11.1. The average Bonchev–Trinajstić information content (AvgIpc) is 3.39. The first kappa shape index (κ1) is 23.4. The number of carbonyl (C=O) groups is 3. The number of H-pyrrole nitrogens is 1. The van der Waals surface area contributed by atoms with E-state index in [0.717, 1.165) is 36.9 Å². The van der Waals surface area contributed by atoms with Gasteiger partial charge in [0, 0.05) is 36.3 Å². The van der Waals surface area contributed by atoms with Gasteiger partial charge in [0.2, 0.25) is 11.8 Å². The van der Waals surface area contributed by atoms with Gasteiger partial charge in [-0.05, 0) is 80.5 Å². The van der Waals surface area contributed by atoms with E-state index in [9.17, 15) is 14.4 Å². The Balaban J connectivity index is 1.13. The summed E-state index contributed by atoms with van der Waals surface area (Å²) in [5.74, 6) is -0.141. The van der Waals surface area contributed by atoms with E-state index in [0.29, 0.717) is 36.5 Å². The van der Waals surface area contributed by atoms with Gasteiger partial charge >= 0.3 is 0 Å². The van der Waals surface area contributed by atoms with E-state index in [1.807, 2.05) is 6.07 Å². The van der Waals surface area contributed by atoms with Crippen LogP contribution >= 0.6 is 0 Å². The second-order valence-corrected chi connectivity index (χ2v) is 11.1. The highest BCUT2D eigenvalue weighted by atomic mass is 16.2. The van der Waals surface area contributed by atoms with Crippen molar-refractivity contribution in [1.29, 1.82) is 0 Å². The fraction of sp³-hybridized carbons (Fsp3) is 0.571. The van der Waals surface area contributed by atoms with Gasteiger partial charge in [-0.15, -0.1) is 0 Å². The number of fused-ring (bicyclic) bond motifs is 2. The monoisotopic (exact) mass is 489 g/mol. The summed E-state index contributed by atoms with van der Waals surface area (Å²) in [6.45, 7) is 2.54. The van der Waals surface area contributed by atoms with Crippen molar-refractivity contribution < 1.29 is 14.4 Å². The van der Waals surface area contributed by atoms with Gasteiger partial charge in [0.15, 0.2) is 0 Å². The Morgan fingerprint density at radius 3 is 2.81 bits per heavy atom. The minimum Gasteiger partial charge on any atom is -0.322 e. The highest BCUT2D eigenvalue weighted by Gasteiger charge is 2.39. The number of carbonyl (C=O) groups excluding carboxylic acids is 3. The molecule has 0 spiro atoms. The van der Waals surface area contributed by atoms with E-state index in [4.69, 9.17) is 0 Å². The molecule has 0 bridgehead atoms. The van der Waals surface area contributed by atoms with Gasteiger partial charge in [0.05, 0.1) is 5.69 Å². The van der Waals surface area contributed by atoms with E-state index < -0.39 is 6.04 Å². The molecule has 2 aliphatic carbocycles. The van der Waals surface area contributed by atoms with Crippen LogP contribution in [0.1, 0.15) is 83.4 Å². The van der Waals surface area contributed by atoms with E-state index in [1.54, 1.807) is 4.90 Å². The lowest BCUT2D eigenvalue weighted by Gasteiger charge is -2.36. The highest BCUT2D eigenvalue weighted by Crippen LogP contribution is 2.33. The summed E-state index contributed by atoms with van der Waals surface area (Å²) >= 11 is 0. The molecule has 2 unspecified atom stereocenters. The van der Waals surface area contributed by atoms with Crippen molar-refractivity contribution in [2.24, 2.45) is 5.92 Å². The van der Waals surface area contributed by atoms with Gasteiger partial charge in [0.1, 0.15) is 6.04 Å². The van der Waals surface area contributed by atoms with Crippen molar-refractivity contribution in [2.45, 2.75) is 95.8 Å². The van der Waals surface area contributed by atoms with Crippen molar-refractivity contribution in [2.75, 3.05) is 0 Å². The number of imide groups is 1. The maximum absolute atomic E-state index is 13.0. The highest BCUT2D eigenvalue weighted by molar-refractivity contribution is 6.05. The minimum atomic E-state index is -0.562. The molecule has 4 atom stereocenters. The summed E-state index contributed by atoms with van der Waals surface area (Å²) in [4.78, 5) is 38.6. The first-order valence-corrected chi connectivity index (χ1v) is 13.5. The molecule has 3 N–H and O–H groups in total. The normalized spacial score (nSPS) is 28.1. The molecule has 4 aliphatic rings. The van der Waals surface area contributed by atoms with Gasteiger partial charge in [-0.25, -0.2) is 0 Å². The predicted octanol–water partition coefficient (Wildman–Crippen LogP) is 2.73. The maximum Gasteiger partial charge on any atom is 0.255 e. The van der Waals surface area contributed by atoms with Gasteiger partial charge in [-0.1, -0.05) is 25.0 Å². The smallest absolute Gasteiger partial charge is 0.255 e. The van der Waals surface area contributed by atoms with Crippen LogP contribution in [0.15, 0.2) is 18.2 Å². The molecule has 1 saturated carbocycles. The number of hydrogen-bond donors (Lipinski definition) is 3. The topological polar surface area (TPSA) is 107 Å². The number of hydrogen-bond acceptors (Lipinski definition) is 5. The molecular weight excluding hydrogens is 454 g/mol. The number of piperidine rings is 1. The van der Waals surface area contributed by atoms with Crippen molar-refractivity contribution >= 4 is 17.7 Å². The third-order valence-electron chi connectivity index (χ3n) is 8.80. The molecule has 3 heterocycles. The van der Waals surface area contributed by atoms with Crippen LogP contribution in [-0.2, 0) is 35.4 Å². The van der Waals surface area contributed by atoms with Crippen molar-refractivity contribution in [1.82, 2.24) is 25.7 Å². The zero-order chi connectivity index (χ0) is 24.8. The van der Waals surface area contributed by atoms with Gasteiger partial charge in [-0.3, -0.25) is 24.8 Å². The largest absolute Gasteiger partial charge is 0.322 e. The summed E-state index contributed by atoms with van der Waals surface area (Å²) in [6, 6.07) is 6.65. The van der Waals surface area contributed by atoms with Crippen LogP contribution in [0.5, 0.6) is 0 Å². The molecule has 1 aromatic heterocycles. The fourth-order valence-corrected chi connectivity index (χ4v) is 6.82. The Bertz CT molecular complexity index is 1200. The number of rotatable bonds is 5. The molecule has 2 aromatic rings. The summed E-state index contributed by atoms with van der Waals surface area (Å²) in [5, 5.41) is 14.0. The van der Waals surface area contributed by atoms with Gasteiger partial charge in [0.25, 0.3) is 5.91 Å². The molecule has 3 amide bonds. The molecular formula is C28H35N5O3. The number of amides is 3. The zero-order valence-electron chi connectivity index (χ0n) is 20.9. The molecule has 0 radical (unpaired) electrons. The summed E-state index contributed by atoms with van der Waals surface area (Å²) in [6.07, 6.45) is 9.92. The van der Waals surface area contributed by atoms with Crippen LogP contribution in [0.2, 0.25) is 0 Å². The van der Waals surface area contributed by atoms with Crippen molar-refractivity contribution in [3.8, 4) is 0 Å². The van der Waals surface area contributed by atoms with Crippen LogP contribution in [0, 0.1) is 12.8 Å². The standard InChI is InChI=1S/C28H35N5O3/c1-16-22-14-20(7-9-24(22)32-31-16)29-23-5-3-2-4-18(23)12-17-6-8-21-19(13-17)15-33(28(21)36)25-10-11-26(34)30-27(25)35/h6,8,13,18,20,23,25,29H,2-5,7,9-12,14-15H2,1H3,(H,31,32)(H,30,34,35)/t18-,20?,23+,25?/m1/s1. The first-order valence-electron chi connectivity index (χ1n) is 13.5. The average molecular weight is 490 g/mol. The van der Waals surface area contributed by atoms with E-state index in [1.165, 1.54) is 42.5 Å². The van der Waals surface area contributed by atoms with Crippen molar-refractivity contribution in [3.63, 3.8) is 0 Å². The first-order chi connectivity index (χ1) is 17.5. The number of benzene rings is 1. The maximum atomic E-state index is 13.0. The summed E-state index contributed by atoms with van der Waals surface area (Å²) < 4.78 is 0. The molecule has 190 valence electrons. The number of aromatic nitrogens is 2. The van der Waals surface area contributed by atoms with Crippen LogP contribution < -0.4 is 10.6 Å². The van der Waals surface area contributed by atoms with Crippen LogP contribution in [-0.4, -0.2) is 50.9 Å². The summed E-state index contributed by atoms with van der Waals surface area (Å²) in [5.41, 5.74) is 6.80. The molecule has 36 heavy (non-hydrogen) atoms. The molecule has 2 aliphatic heterocycles. The number of aryl methyl sites for hydroxylation is 2. The van der Waals surface area contributed by atoms with E-state index in [-0.39, 0.29) is 24.1 Å². The Labute approximate surface area is 211 Å². The Morgan fingerprint density at radius 1 is 1.08 bits per heavy atom. The van der Waals surface area contributed by atoms with Crippen molar-refractivity contribution in [3.05, 3.63) is 51.8 Å². The van der Waals surface area contributed by atoms with E-state index in [2.05, 4.69) is 39.9 Å². The predicted molar refractivity (Wildman–Crippen MR) is 134 cm³/mol. The third kappa shape index (κ3) is 4.36. The van der Waals surface area contributed by atoms with Gasteiger partial charge in [-0.2, -0.15) is 5.10 Å². The lowest BCUT2D eigenvalue weighted by Crippen LogP contribution is -2.52. The van der Waals surface area contributed by atoms with Gasteiger partial charge < -0.3 is 10.2 Å². The third-order valence-corrected chi connectivity index (χ3v) is 8.80. The molecule has 8 heteroatoms.